The molecule has 3 heterocycles. The van der Waals surface area contributed by atoms with Gasteiger partial charge in [0, 0.05) is 32.7 Å². The Morgan fingerprint density at radius 2 is 1.81 bits per heavy atom. The molecule has 1 N–H and O–H groups in total. The number of carbonyl (C=O) groups is 1. The highest BCUT2D eigenvalue weighted by Gasteiger charge is 2.28. The maximum Gasteiger partial charge on any atom is 0.287 e. The van der Waals surface area contributed by atoms with Gasteiger partial charge in [0.2, 0.25) is 6.79 Å². The van der Waals surface area contributed by atoms with E-state index in [1.807, 2.05) is 30.3 Å². The van der Waals surface area contributed by atoms with E-state index in [0.717, 1.165) is 24.4 Å². The summed E-state index contributed by atoms with van der Waals surface area (Å²) in [5.41, 5.74) is 1.64. The Morgan fingerprint density at radius 3 is 2.59 bits per heavy atom. The van der Waals surface area contributed by atoms with Crippen LogP contribution in [0.5, 0.6) is 11.5 Å². The van der Waals surface area contributed by atoms with Gasteiger partial charge in [-0.3, -0.25) is 9.69 Å². The van der Waals surface area contributed by atoms with Crippen LogP contribution in [0, 0.1) is 5.82 Å². The second-order valence-electron chi connectivity index (χ2n) is 7.79. The van der Waals surface area contributed by atoms with Crippen LogP contribution in [-0.4, -0.2) is 50.3 Å². The number of piperazine rings is 1. The predicted octanol–water partition coefficient (Wildman–Crippen LogP) is 3.44. The first kappa shape index (κ1) is 20.4. The predicted molar refractivity (Wildman–Crippen MR) is 117 cm³/mol. The normalized spacial score (nSPS) is 16.7. The maximum atomic E-state index is 14.2. The van der Waals surface area contributed by atoms with Crippen molar-refractivity contribution >= 4 is 11.6 Å². The SMILES string of the molecule is O=C(NC[C@@H](c1ccc2c(c1)OCO2)N1CCN(c2ccccc2F)CC1)c1ccco1. The zero-order valence-electron chi connectivity index (χ0n) is 17.5. The van der Waals surface area contributed by atoms with E-state index >= 15 is 0 Å². The largest absolute Gasteiger partial charge is 0.459 e. The second-order valence-corrected chi connectivity index (χ2v) is 7.79. The molecule has 0 aliphatic carbocycles. The molecular weight excluding hydrogens is 413 g/mol. The monoisotopic (exact) mass is 437 g/mol. The number of nitrogens with zero attached hydrogens (tertiary/aromatic N) is 2. The summed E-state index contributed by atoms with van der Waals surface area (Å²) in [6, 6.07) is 16.0. The minimum Gasteiger partial charge on any atom is -0.459 e. The lowest BCUT2D eigenvalue weighted by Crippen LogP contribution is -2.50. The standard InChI is InChI=1S/C24H24FN3O4/c25-18-4-1-2-5-19(18)27-9-11-28(12-10-27)20(15-26-24(29)22-6-3-13-30-22)17-7-8-21-23(14-17)32-16-31-21/h1-8,13-14,20H,9-12,15-16H2,(H,26,29)/t20-/m0/s1. The van der Waals surface area contributed by atoms with Gasteiger partial charge in [0.05, 0.1) is 18.0 Å². The van der Waals surface area contributed by atoms with Gasteiger partial charge >= 0.3 is 0 Å². The number of hydrogen-bond acceptors (Lipinski definition) is 6. The first-order chi connectivity index (χ1) is 15.7. The van der Waals surface area contributed by atoms with Gasteiger partial charge in [-0.05, 0) is 42.0 Å². The smallest absolute Gasteiger partial charge is 0.287 e. The molecule has 3 aromatic rings. The van der Waals surface area contributed by atoms with Crippen LogP contribution in [0.3, 0.4) is 0 Å². The van der Waals surface area contributed by atoms with E-state index < -0.39 is 0 Å². The zero-order valence-corrected chi connectivity index (χ0v) is 17.5. The van der Waals surface area contributed by atoms with E-state index in [-0.39, 0.29) is 30.3 Å². The van der Waals surface area contributed by atoms with Crippen molar-refractivity contribution in [3.8, 4) is 11.5 Å². The molecule has 166 valence electrons. The van der Waals surface area contributed by atoms with Gasteiger partial charge in [-0.1, -0.05) is 18.2 Å². The molecule has 32 heavy (non-hydrogen) atoms. The number of rotatable bonds is 6. The summed E-state index contributed by atoms with van der Waals surface area (Å²) in [5.74, 6) is 1.23. The molecule has 0 spiro atoms. The van der Waals surface area contributed by atoms with E-state index in [4.69, 9.17) is 13.9 Å². The second kappa shape index (κ2) is 8.92. The Hall–Kier alpha value is -3.52. The highest BCUT2D eigenvalue weighted by molar-refractivity contribution is 5.91. The van der Waals surface area contributed by atoms with Gasteiger partial charge < -0.3 is 24.1 Å². The van der Waals surface area contributed by atoms with Crippen molar-refractivity contribution in [1.82, 2.24) is 10.2 Å². The van der Waals surface area contributed by atoms with Gasteiger partial charge in [0.25, 0.3) is 5.91 Å². The molecule has 1 amide bonds. The lowest BCUT2D eigenvalue weighted by molar-refractivity contribution is 0.0902. The molecule has 8 heteroatoms. The summed E-state index contributed by atoms with van der Waals surface area (Å²) in [4.78, 5) is 16.8. The first-order valence-corrected chi connectivity index (χ1v) is 10.6. The van der Waals surface area contributed by atoms with E-state index in [2.05, 4.69) is 15.1 Å². The molecular formula is C24H24FN3O4. The topological polar surface area (TPSA) is 67.2 Å². The number of anilines is 1. The molecule has 5 rings (SSSR count). The van der Waals surface area contributed by atoms with Gasteiger partial charge in [0.15, 0.2) is 17.3 Å². The number of ether oxygens (including phenoxy) is 2. The van der Waals surface area contributed by atoms with Crippen LogP contribution >= 0.6 is 0 Å². The van der Waals surface area contributed by atoms with Crippen LogP contribution < -0.4 is 19.7 Å². The van der Waals surface area contributed by atoms with Gasteiger partial charge in [-0.2, -0.15) is 0 Å². The third-order valence-corrected chi connectivity index (χ3v) is 5.93. The lowest BCUT2D eigenvalue weighted by atomic mass is 10.0. The van der Waals surface area contributed by atoms with Crippen LogP contribution in [0.15, 0.2) is 65.3 Å². The summed E-state index contributed by atoms with van der Waals surface area (Å²) in [5, 5.41) is 2.98. The molecule has 0 radical (unpaired) electrons. The molecule has 2 aliphatic heterocycles. The highest BCUT2D eigenvalue weighted by Crippen LogP contribution is 2.36. The number of hydrogen-bond donors (Lipinski definition) is 1. The number of carbonyl (C=O) groups excluding carboxylic acids is 1. The van der Waals surface area contributed by atoms with Crippen molar-refractivity contribution in [2.45, 2.75) is 6.04 Å². The zero-order chi connectivity index (χ0) is 21.9. The van der Waals surface area contributed by atoms with Crippen LogP contribution in [0.2, 0.25) is 0 Å². The van der Waals surface area contributed by atoms with Crippen molar-refractivity contribution in [2.75, 3.05) is 44.4 Å². The van der Waals surface area contributed by atoms with Crippen molar-refractivity contribution in [3.63, 3.8) is 0 Å². The first-order valence-electron chi connectivity index (χ1n) is 10.6. The van der Waals surface area contributed by atoms with Crippen molar-refractivity contribution < 1.29 is 23.1 Å². The van der Waals surface area contributed by atoms with Crippen LogP contribution in [0.4, 0.5) is 10.1 Å². The van der Waals surface area contributed by atoms with E-state index in [9.17, 15) is 9.18 Å². The molecule has 0 bridgehead atoms. The molecule has 0 saturated carbocycles. The minimum atomic E-state index is -0.259. The number of nitrogens with one attached hydrogen (secondary N) is 1. The number of furan rings is 1. The fraction of sp³-hybridized carbons (Fsp3) is 0.292. The van der Waals surface area contributed by atoms with E-state index in [1.54, 1.807) is 18.2 Å². The number of halogens is 1. The van der Waals surface area contributed by atoms with E-state index in [1.165, 1.54) is 12.3 Å². The van der Waals surface area contributed by atoms with Crippen molar-refractivity contribution in [1.29, 1.82) is 0 Å². The molecule has 1 aromatic heterocycles. The van der Waals surface area contributed by atoms with Crippen molar-refractivity contribution in [3.05, 3.63) is 78.0 Å². The molecule has 0 unspecified atom stereocenters. The summed E-state index contributed by atoms with van der Waals surface area (Å²) < 4.78 is 30.4. The summed E-state index contributed by atoms with van der Waals surface area (Å²) >= 11 is 0. The number of para-hydroxylation sites is 1. The van der Waals surface area contributed by atoms with E-state index in [0.29, 0.717) is 31.1 Å². The Bertz CT molecular complexity index is 1080. The number of fused-ring (bicyclic) bond motifs is 1. The third-order valence-electron chi connectivity index (χ3n) is 5.93. The Kier molecular flexibility index (Phi) is 5.68. The Labute approximate surface area is 185 Å². The van der Waals surface area contributed by atoms with Gasteiger partial charge in [-0.25, -0.2) is 4.39 Å². The highest BCUT2D eigenvalue weighted by atomic mass is 19.1. The molecule has 7 nitrogen and oxygen atoms in total. The van der Waals surface area contributed by atoms with Gasteiger partial charge in [0.1, 0.15) is 5.82 Å². The quantitative estimate of drug-likeness (QED) is 0.637. The van der Waals surface area contributed by atoms with Gasteiger partial charge in [-0.15, -0.1) is 0 Å². The van der Waals surface area contributed by atoms with Crippen molar-refractivity contribution in [2.24, 2.45) is 0 Å². The third kappa shape index (κ3) is 4.13. The summed E-state index contributed by atoms with van der Waals surface area (Å²) in [6.45, 7) is 3.44. The van der Waals surface area contributed by atoms with Crippen LogP contribution in [0.25, 0.3) is 0 Å². The Morgan fingerprint density at radius 1 is 1.00 bits per heavy atom. The average Bonchev–Trinajstić information content (AvgIpc) is 3.52. The summed E-state index contributed by atoms with van der Waals surface area (Å²) in [7, 11) is 0. The number of benzene rings is 2. The molecule has 1 saturated heterocycles. The molecule has 1 atom stereocenters. The molecule has 1 fully saturated rings. The average molecular weight is 437 g/mol. The summed E-state index contributed by atoms with van der Waals surface area (Å²) in [6.07, 6.45) is 1.48. The van der Waals surface area contributed by atoms with Crippen LogP contribution in [0.1, 0.15) is 22.2 Å². The molecule has 2 aromatic carbocycles. The Balaban J connectivity index is 1.33. The lowest BCUT2D eigenvalue weighted by Gasteiger charge is -2.40. The van der Waals surface area contributed by atoms with Crippen LogP contribution in [-0.2, 0) is 0 Å². The maximum absolute atomic E-state index is 14.2. The minimum absolute atomic E-state index is 0.0776. The molecule has 2 aliphatic rings. The number of amides is 1. The fourth-order valence-corrected chi connectivity index (χ4v) is 4.25. The fourth-order valence-electron chi connectivity index (χ4n) is 4.25.